The van der Waals surface area contributed by atoms with Gasteiger partial charge in [-0.25, -0.2) is 8.78 Å². The molecular formula is C13H14ClF2N3. The largest absolute Gasteiger partial charge is 0.301 e. The van der Waals surface area contributed by atoms with Gasteiger partial charge in [-0.2, -0.15) is 0 Å². The van der Waals surface area contributed by atoms with Gasteiger partial charge in [-0.05, 0) is 35.7 Å². The molecule has 0 atom stereocenters. The van der Waals surface area contributed by atoms with Crippen molar-refractivity contribution in [1.29, 1.82) is 0 Å². The molecule has 0 unspecified atom stereocenters. The second-order valence-electron chi connectivity index (χ2n) is 4.66. The van der Waals surface area contributed by atoms with Crippen LogP contribution >= 0.6 is 11.6 Å². The molecule has 0 aliphatic carbocycles. The van der Waals surface area contributed by atoms with Gasteiger partial charge in [0.1, 0.15) is 17.5 Å². The van der Waals surface area contributed by atoms with Crippen molar-refractivity contribution in [1.82, 2.24) is 14.8 Å². The van der Waals surface area contributed by atoms with Gasteiger partial charge >= 0.3 is 0 Å². The molecule has 0 fully saturated rings. The molecule has 0 spiro atoms. The first kappa shape index (κ1) is 13.9. The van der Waals surface area contributed by atoms with Crippen molar-refractivity contribution >= 4 is 11.6 Å². The maximum absolute atomic E-state index is 13.1. The second-order valence-corrected chi connectivity index (χ2v) is 5.00. The lowest BCUT2D eigenvalue weighted by atomic mass is 10.1. The molecule has 0 saturated heterocycles. The zero-order chi connectivity index (χ0) is 14.0. The zero-order valence-corrected chi connectivity index (χ0v) is 11.5. The number of benzene rings is 1. The lowest BCUT2D eigenvalue weighted by Gasteiger charge is -2.10. The lowest BCUT2D eigenvalue weighted by molar-refractivity contribution is 0.573. The van der Waals surface area contributed by atoms with Gasteiger partial charge in [0.25, 0.3) is 0 Å². The molecule has 6 heteroatoms. The number of hydrogen-bond acceptors (Lipinski definition) is 2. The van der Waals surface area contributed by atoms with Crippen molar-refractivity contribution in [3.05, 3.63) is 46.5 Å². The van der Waals surface area contributed by atoms with Crippen molar-refractivity contribution in [2.24, 2.45) is 0 Å². The monoisotopic (exact) mass is 285 g/mol. The molecule has 3 nitrogen and oxygen atoms in total. The van der Waals surface area contributed by atoms with E-state index in [1.807, 2.05) is 13.8 Å². The van der Waals surface area contributed by atoms with E-state index in [2.05, 4.69) is 10.2 Å². The summed E-state index contributed by atoms with van der Waals surface area (Å²) < 4.78 is 27.9. The van der Waals surface area contributed by atoms with Crippen LogP contribution in [-0.2, 0) is 13.0 Å². The fraction of sp³-hybridized carbons (Fsp3) is 0.385. The standard InChI is InChI=1S/C13H14ClF2N3/c1-8(2)12-17-18-13(14)19(12)4-3-9-5-10(15)7-11(16)6-9/h5-8H,3-4H2,1-2H3. The van der Waals surface area contributed by atoms with E-state index in [4.69, 9.17) is 11.6 Å². The predicted molar refractivity (Wildman–Crippen MR) is 69.2 cm³/mol. The maximum Gasteiger partial charge on any atom is 0.225 e. The maximum atomic E-state index is 13.1. The third-order valence-corrected chi connectivity index (χ3v) is 3.08. The van der Waals surface area contributed by atoms with Crippen molar-refractivity contribution in [3.63, 3.8) is 0 Å². The van der Waals surface area contributed by atoms with Crippen LogP contribution < -0.4 is 0 Å². The zero-order valence-electron chi connectivity index (χ0n) is 10.7. The molecule has 2 rings (SSSR count). The summed E-state index contributed by atoms with van der Waals surface area (Å²) in [4.78, 5) is 0. The van der Waals surface area contributed by atoms with Crippen LogP contribution in [0.2, 0.25) is 5.28 Å². The number of aryl methyl sites for hydroxylation is 1. The molecule has 0 N–H and O–H groups in total. The summed E-state index contributed by atoms with van der Waals surface area (Å²) in [6.07, 6.45) is 0.464. The normalized spacial score (nSPS) is 11.3. The molecule has 2 aromatic rings. The van der Waals surface area contributed by atoms with Gasteiger partial charge in [0.05, 0.1) is 0 Å². The molecule has 1 aromatic heterocycles. The average molecular weight is 286 g/mol. The van der Waals surface area contributed by atoms with Gasteiger partial charge in [-0.3, -0.25) is 0 Å². The molecule has 0 aliphatic rings. The van der Waals surface area contributed by atoms with Crippen LogP contribution in [0.25, 0.3) is 0 Å². The van der Waals surface area contributed by atoms with Crippen LogP contribution in [0.3, 0.4) is 0 Å². The van der Waals surface area contributed by atoms with E-state index in [1.165, 1.54) is 12.1 Å². The molecular weight excluding hydrogens is 272 g/mol. The van der Waals surface area contributed by atoms with E-state index >= 15 is 0 Å². The predicted octanol–water partition coefficient (Wildman–Crippen LogP) is 3.58. The van der Waals surface area contributed by atoms with Gasteiger partial charge in [0, 0.05) is 18.5 Å². The number of rotatable bonds is 4. The van der Waals surface area contributed by atoms with Crippen LogP contribution in [0.5, 0.6) is 0 Å². The Morgan fingerprint density at radius 2 is 1.79 bits per heavy atom. The first-order chi connectivity index (χ1) is 8.97. The summed E-state index contributed by atoms with van der Waals surface area (Å²) in [5, 5.41) is 8.10. The van der Waals surface area contributed by atoms with Crippen molar-refractivity contribution in [3.8, 4) is 0 Å². The van der Waals surface area contributed by atoms with Crippen LogP contribution in [0.15, 0.2) is 18.2 Å². The highest BCUT2D eigenvalue weighted by molar-refractivity contribution is 6.28. The third-order valence-electron chi connectivity index (χ3n) is 2.80. The fourth-order valence-electron chi connectivity index (χ4n) is 1.93. The van der Waals surface area contributed by atoms with Crippen molar-refractivity contribution in [2.45, 2.75) is 32.7 Å². The minimum atomic E-state index is -0.575. The Morgan fingerprint density at radius 3 is 2.37 bits per heavy atom. The highest BCUT2D eigenvalue weighted by Crippen LogP contribution is 2.18. The first-order valence-electron chi connectivity index (χ1n) is 6.01. The Kier molecular flexibility index (Phi) is 4.14. The summed E-state index contributed by atoms with van der Waals surface area (Å²) in [6, 6.07) is 3.49. The topological polar surface area (TPSA) is 30.7 Å². The lowest BCUT2D eigenvalue weighted by Crippen LogP contribution is -2.08. The van der Waals surface area contributed by atoms with E-state index in [-0.39, 0.29) is 5.92 Å². The molecule has 0 bridgehead atoms. The third kappa shape index (κ3) is 3.29. The minimum Gasteiger partial charge on any atom is -0.301 e. The van der Waals surface area contributed by atoms with E-state index in [9.17, 15) is 8.78 Å². The average Bonchev–Trinajstić information content (AvgIpc) is 2.67. The smallest absolute Gasteiger partial charge is 0.225 e. The van der Waals surface area contributed by atoms with Crippen LogP contribution in [0.1, 0.15) is 31.2 Å². The summed E-state index contributed by atoms with van der Waals surface area (Å²) >= 11 is 5.96. The number of halogens is 3. The molecule has 1 aromatic carbocycles. The van der Waals surface area contributed by atoms with E-state index in [1.54, 1.807) is 4.57 Å². The van der Waals surface area contributed by atoms with E-state index < -0.39 is 11.6 Å². The number of nitrogens with zero attached hydrogens (tertiary/aromatic N) is 3. The van der Waals surface area contributed by atoms with E-state index in [0.717, 1.165) is 11.9 Å². The van der Waals surface area contributed by atoms with Crippen molar-refractivity contribution in [2.75, 3.05) is 0 Å². The molecule has 102 valence electrons. The fourth-order valence-corrected chi connectivity index (χ4v) is 2.13. The van der Waals surface area contributed by atoms with Gasteiger partial charge in [-0.1, -0.05) is 13.8 Å². The Morgan fingerprint density at radius 1 is 1.16 bits per heavy atom. The van der Waals surface area contributed by atoms with E-state index in [0.29, 0.717) is 23.8 Å². The van der Waals surface area contributed by atoms with Crippen LogP contribution in [-0.4, -0.2) is 14.8 Å². The summed E-state index contributed by atoms with van der Waals surface area (Å²) in [5.74, 6) is -0.200. The van der Waals surface area contributed by atoms with Crippen LogP contribution in [0.4, 0.5) is 8.78 Å². The molecule has 19 heavy (non-hydrogen) atoms. The Bertz CT molecular complexity index is 561. The molecule has 0 radical (unpaired) electrons. The Hall–Kier alpha value is -1.49. The molecule has 0 aliphatic heterocycles. The summed E-state index contributed by atoms with van der Waals surface area (Å²) in [7, 11) is 0. The summed E-state index contributed by atoms with van der Waals surface area (Å²) in [5.41, 5.74) is 0.581. The van der Waals surface area contributed by atoms with Gasteiger partial charge < -0.3 is 4.57 Å². The number of hydrogen-bond donors (Lipinski definition) is 0. The molecule has 0 amide bonds. The quantitative estimate of drug-likeness (QED) is 0.860. The summed E-state index contributed by atoms with van der Waals surface area (Å²) in [6.45, 7) is 4.46. The first-order valence-corrected chi connectivity index (χ1v) is 6.38. The van der Waals surface area contributed by atoms with Gasteiger partial charge in [0.2, 0.25) is 5.28 Å². The van der Waals surface area contributed by atoms with Crippen LogP contribution in [0, 0.1) is 11.6 Å². The number of aromatic nitrogens is 3. The van der Waals surface area contributed by atoms with Gasteiger partial charge in [-0.15, -0.1) is 10.2 Å². The highest BCUT2D eigenvalue weighted by Gasteiger charge is 2.13. The van der Waals surface area contributed by atoms with Crippen molar-refractivity contribution < 1.29 is 8.78 Å². The SMILES string of the molecule is CC(C)c1nnc(Cl)n1CCc1cc(F)cc(F)c1. The Balaban J connectivity index is 2.16. The van der Waals surface area contributed by atoms with Gasteiger partial charge in [0.15, 0.2) is 0 Å². The highest BCUT2D eigenvalue weighted by atomic mass is 35.5. The minimum absolute atomic E-state index is 0.184. The second kappa shape index (κ2) is 5.65. The Labute approximate surface area is 115 Å². The molecule has 0 saturated carbocycles. The molecule has 1 heterocycles.